The predicted octanol–water partition coefficient (Wildman–Crippen LogP) is 1.34. The normalized spacial score (nSPS) is 19.7. The predicted molar refractivity (Wildman–Crippen MR) is 69.0 cm³/mol. The van der Waals surface area contributed by atoms with Gasteiger partial charge in [-0.15, -0.1) is 0 Å². The van der Waals surface area contributed by atoms with Crippen LogP contribution in [0.2, 0.25) is 0 Å². The Morgan fingerprint density at radius 2 is 2.53 bits per heavy atom. The number of aromatic nitrogens is 1. The van der Waals surface area contributed by atoms with Crippen molar-refractivity contribution in [2.75, 3.05) is 20.2 Å². The number of ether oxygens (including phenoxy) is 1. The van der Waals surface area contributed by atoms with E-state index < -0.39 is 0 Å². The highest BCUT2D eigenvalue weighted by atomic mass is 16.5. The van der Waals surface area contributed by atoms with Gasteiger partial charge in [0.1, 0.15) is 11.8 Å². The van der Waals surface area contributed by atoms with Crippen molar-refractivity contribution >= 4 is 5.97 Å². The van der Waals surface area contributed by atoms with Crippen molar-refractivity contribution in [1.82, 2.24) is 9.88 Å². The summed E-state index contributed by atoms with van der Waals surface area (Å²) in [6.07, 6.45) is 3.47. The molecule has 1 atom stereocenters. The van der Waals surface area contributed by atoms with Crippen LogP contribution in [0.25, 0.3) is 0 Å². The Morgan fingerprint density at radius 3 is 3.26 bits per heavy atom. The van der Waals surface area contributed by atoms with Crippen molar-refractivity contribution in [3.05, 3.63) is 29.6 Å². The Kier molecular flexibility index (Phi) is 4.48. The summed E-state index contributed by atoms with van der Waals surface area (Å²) in [6.45, 7) is 2.28. The second kappa shape index (κ2) is 6.30. The highest BCUT2D eigenvalue weighted by Gasteiger charge is 2.26. The molecule has 0 aliphatic carbocycles. The molecule has 1 fully saturated rings. The molecule has 1 aliphatic heterocycles. The first-order chi connectivity index (χ1) is 9.24. The summed E-state index contributed by atoms with van der Waals surface area (Å²) < 4.78 is 4.80. The largest absolute Gasteiger partial charge is 0.469 e. The van der Waals surface area contributed by atoms with Gasteiger partial charge in [0.25, 0.3) is 0 Å². The second-order valence-electron chi connectivity index (χ2n) is 4.72. The van der Waals surface area contributed by atoms with E-state index in [4.69, 9.17) is 10.00 Å². The van der Waals surface area contributed by atoms with Crippen LogP contribution < -0.4 is 0 Å². The topological polar surface area (TPSA) is 66.2 Å². The fraction of sp³-hybridized carbons (Fsp3) is 0.500. The van der Waals surface area contributed by atoms with Gasteiger partial charge in [-0.1, -0.05) is 6.07 Å². The maximum absolute atomic E-state index is 11.6. The standard InChI is InChI=1S/C14H17N3O2/c1-19-14(18)12-5-3-7-17(10-12)9-11-4-2-6-16-13(11)8-15/h2,4,6,12H,3,5,7,9-10H2,1H3. The fourth-order valence-electron chi connectivity index (χ4n) is 2.47. The van der Waals surface area contributed by atoms with Crippen molar-refractivity contribution in [1.29, 1.82) is 5.26 Å². The number of nitriles is 1. The van der Waals surface area contributed by atoms with Crippen LogP contribution in [0.1, 0.15) is 24.1 Å². The van der Waals surface area contributed by atoms with Crippen LogP contribution in [0.5, 0.6) is 0 Å². The van der Waals surface area contributed by atoms with Crippen LogP contribution in [0.3, 0.4) is 0 Å². The van der Waals surface area contributed by atoms with Gasteiger partial charge in [0.2, 0.25) is 0 Å². The summed E-state index contributed by atoms with van der Waals surface area (Å²) in [4.78, 5) is 17.8. The quantitative estimate of drug-likeness (QED) is 0.766. The molecule has 19 heavy (non-hydrogen) atoms. The molecule has 1 aromatic rings. The molecule has 2 heterocycles. The summed E-state index contributed by atoms with van der Waals surface area (Å²) in [5, 5.41) is 9.02. The molecular weight excluding hydrogens is 242 g/mol. The Morgan fingerprint density at radius 1 is 1.68 bits per heavy atom. The van der Waals surface area contributed by atoms with E-state index in [0.29, 0.717) is 18.8 Å². The molecule has 0 radical (unpaired) electrons. The van der Waals surface area contributed by atoms with E-state index in [-0.39, 0.29) is 11.9 Å². The number of carbonyl (C=O) groups is 1. The zero-order chi connectivity index (χ0) is 13.7. The molecule has 0 N–H and O–H groups in total. The lowest BCUT2D eigenvalue weighted by atomic mass is 9.97. The van der Waals surface area contributed by atoms with E-state index in [0.717, 1.165) is 24.9 Å². The van der Waals surface area contributed by atoms with Gasteiger partial charge in [-0.3, -0.25) is 9.69 Å². The molecule has 0 saturated carbocycles. The number of methoxy groups -OCH3 is 1. The third-order valence-electron chi connectivity index (χ3n) is 3.43. The Hall–Kier alpha value is -1.93. The highest BCUT2D eigenvalue weighted by molar-refractivity contribution is 5.72. The molecular formula is C14H17N3O2. The number of rotatable bonds is 3. The van der Waals surface area contributed by atoms with Crippen LogP contribution in [0.15, 0.2) is 18.3 Å². The minimum atomic E-state index is -0.142. The third kappa shape index (κ3) is 3.30. The lowest BCUT2D eigenvalue weighted by Crippen LogP contribution is -2.38. The number of carbonyl (C=O) groups excluding carboxylic acids is 1. The smallest absolute Gasteiger partial charge is 0.309 e. The van der Waals surface area contributed by atoms with E-state index in [9.17, 15) is 4.79 Å². The van der Waals surface area contributed by atoms with Crippen molar-refractivity contribution < 1.29 is 9.53 Å². The number of likely N-dealkylation sites (tertiary alicyclic amines) is 1. The zero-order valence-corrected chi connectivity index (χ0v) is 11.0. The summed E-state index contributed by atoms with van der Waals surface area (Å²) in [5.74, 6) is -0.197. The highest BCUT2D eigenvalue weighted by Crippen LogP contribution is 2.20. The minimum absolute atomic E-state index is 0.0547. The molecule has 0 aromatic carbocycles. The molecule has 5 heteroatoms. The molecule has 0 spiro atoms. The van der Waals surface area contributed by atoms with Crippen LogP contribution in [-0.4, -0.2) is 36.1 Å². The average Bonchev–Trinajstić information content (AvgIpc) is 2.47. The summed E-state index contributed by atoms with van der Waals surface area (Å²) in [7, 11) is 1.43. The van der Waals surface area contributed by atoms with Gasteiger partial charge >= 0.3 is 5.97 Å². The molecule has 1 aromatic heterocycles. The van der Waals surface area contributed by atoms with E-state index in [1.54, 1.807) is 6.20 Å². The molecule has 0 bridgehead atoms. The van der Waals surface area contributed by atoms with Crippen molar-refractivity contribution in [2.24, 2.45) is 5.92 Å². The number of pyridine rings is 1. The number of piperidine rings is 1. The van der Waals surface area contributed by atoms with Crippen LogP contribution in [0.4, 0.5) is 0 Å². The van der Waals surface area contributed by atoms with Gasteiger partial charge in [0, 0.05) is 24.8 Å². The van der Waals surface area contributed by atoms with Gasteiger partial charge in [0.15, 0.2) is 0 Å². The first-order valence-corrected chi connectivity index (χ1v) is 6.38. The summed E-state index contributed by atoms with van der Waals surface area (Å²) >= 11 is 0. The van der Waals surface area contributed by atoms with E-state index in [1.165, 1.54) is 7.11 Å². The molecule has 1 unspecified atom stereocenters. The van der Waals surface area contributed by atoms with E-state index in [2.05, 4.69) is 16.0 Å². The zero-order valence-electron chi connectivity index (χ0n) is 11.0. The summed E-state index contributed by atoms with van der Waals surface area (Å²) in [6, 6.07) is 5.84. The van der Waals surface area contributed by atoms with Crippen LogP contribution in [-0.2, 0) is 16.1 Å². The third-order valence-corrected chi connectivity index (χ3v) is 3.43. The fourth-order valence-corrected chi connectivity index (χ4v) is 2.47. The number of nitrogens with zero attached hydrogens (tertiary/aromatic N) is 3. The summed E-state index contributed by atoms with van der Waals surface area (Å²) in [5.41, 5.74) is 1.37. The van der Waals surface area contributed by atoms with Crippen molar-refractivity contribution in [3.8, 4) is 6.07 Å². The van der Waals surface area contributed by atoms with Gasteiger partial charge in [-0.05, 0) is 25.5 Å². The van der Waals surface area contributed by atoms with Gasteiger partial charge in [-0.25, -0.2) is 4.98 Å². The number of esters is 1. The molecule has 1 saturated heterocycles. The first-order valence-electron chi connectivity index (χ1n) is 6.38. The molecule has 1 aliphatic rings. The Labute approximate surface area is 112 Å². The molecule has 100 valence electrons. The molecule has 2 rings (SSSR count). The monoisotopic (exact) mass is 259 g/mol. The van der Waals surface area contributed by atoms with Gasteiger partial charge in [0.05, 0.1) is 13.0 Å². The van der Waals surface area contributed by atoms with Gasteiger partial charge < -0.3 is 4.74 Å². The van der Waals surface area contributed by atoms with Crippen molar-refractivity contribution in [2.45, 2.75) is 19.4 Å². The SMILES string of the molecule is COC(=O)C1CCCN(Cc2cccnc2C#N)C1. The maximum Gasteiger partial charge on any atom is 0.309 e. The number of hydrogen-bond donors (Lipinski definition) is 0. The average molecular weight is 259 g/mol. The first kappa shape index (κ1) is 13.5. The minimum Gasteiger partial charge on any atom is -0.469 e. The van der Waals surface area contributed by atoms with E-state index >= 15 is 0 Å². The lowest BCUT2D eigenvalue weighted by Gasteiger charge is -2.31. The second-order valence-corrected chi connectivity index (χ2v) is 4.72. The molecule has 5 nitrogen and oxygen atoms in total. The van der Waals surface area contributed by atoms with Gasteiger partial charge in [-0.2, -0.15) is 5.26 Å². The Bertz CT molecular complexity index is 496. The van der Waals surface area contributed by atoms with Crippen molar-refractivity contribution in [3.63, 3.8) is 0 Å². The Balaban J connectivity index is 2.03. The van der Waals surface area contributed by atoms with Crippen LogP contribution >= 0.6 is 0 Å². The lowest BCUT2D eigenvalue weighted by molar-refractivity contribution is -0.147. The maximum atomic E-state index is 11.6. The number of hydrogen-bond acceptors (Lipinski definition) is 5. The van der Waals surface area contributed by atoms with Crippen LogP contribution in [0, 0.1) is 17.2 Å². The molecule has 0 amide bonds. The van der Waals surface area contributed by atoms with E-state index in [1.807, 2.05) is 12.1 Å².